The van der Waals surface area contributed by atoms with Crippen molar-refractivity contribution < 1.29 is 14.3 Å². The molecule has 2 atom stereocenters. The third kappa shape index (κ3) is 3.78. The van der Waals surface area contributed by atoms with E-state index in [4.69, 9.17) is 4.74 Å². The van der Waals surface area contributed by atoms with Gasteiger partial charge in [-0.2, -0.15) is 0 Å². The summed E-state index contributed by atoms with van der Waals surface area (Å²) in [4.78, 5) is 23.7. The molecule has 22 heavy (non-hydrogen) atoms. The summed E-state index contributed by atoms with van der Waals surface area (Å²) in [7, 11) is 0. The van der Waals surface area contributed by atoms with Crippen LogP contribution >= 0.6 is 0 Å². The zero-order valence-corrected chi connectivity index (χ0v) is 13.7. The van der Waals surface area contributed by atoms with Gasteiger partial charge in [0.25, 0.3) is 0 Å². The highest BCUT2D eigenvalue weighted by molar-refractivity contribution is 5.94. The number of rotatable bonds is 7. The summed E-state index contributed by atoms with van der Waals surface area (Å²) in [6.45, 7) is 7.43. The fraction of sp³-hybridized carbons (Fsp3) is 0.632. The SMILES string of the molecule is C=C(C)C(=O)CCCC(=O)OC1(CC)CCC2=C=CC[C@@H]1C2. The maximum atomic E-state index is 12.2. The molecule has 0 heterocycles. The fourth-order valence-corrected chi connectivity index (χ4v) is 3.48. The van der Waals surface area contributed by atoms with Crippen LogP contribution in [0.15, 0.2) is 29.5 Å². The molecule has 1 saturated carbocycles. The molecule has 0 saturated heterocycles. The molecule has 2 rings (SSSR count). The van der Waals surface area contributed by atoms with Gasteiger partial charge in [-0.25, -0.2) is 0 Å². The zero-order chi connectivity index (χ0) is 16.2. The van der Waals surface area contributed by atoms with E-state index in [9.17, 15) is 9.59 Å². The van der Waals surface area contributed by atoms with Crippen molar-refractivity contribution in [2.24, 2.45) is 5.92 Å². The second kappa shape index (κ2) is 7.11. The van der Waals surface area contributed by atoms with Crippen molar-refractivity contribution in [2.45, 2.75) is 70.8 Å². The molecule has 2 bridgehead atoms. The van der Waals surface area contributed by atoms with Gasteiger partial charge in [0.05, 0.1) is 0 Å². The normalized spacial score (nSPS) is 26.3. The van der Waals surface area contributed by atoms with Crippen molar-refractivity contribution in [2.75, 3.05) is 0 Å². The summed E-state index contributed by atoms with van der Waals surface area (Å²) in [6, 6.07) is 0. The Kier molecular flexibility index (Phi) is 5.42. The highest BCUT2D eigenvalue weighted by Gasteiger charge is 2.44. The summed E-state index contributed by atoms with van der Waals surface area (Å²) in [6.07, 6.45) is 8.00. The quantitative estimate of drug-likeness (QED) is 0.400. The van der Waals surface area contributed by atoms with Crippen molar-refractivity contribution in [3.8, 4) is 0 Å². The number of ketones is 1. The number of allylic oxidation sites excluding steroid dienone is 2. The standard InChI is InChI=1S/C19H26O3/c1-4-19(12-11-15-7-5-8-16(19)13-15)22-18(21)10-6-9-17(20)14(2)3/h5,16H,2,4,6,8-13H2,1,3H3/t16-,19?/m1/s1. The monoisotopic (exact) mass is 302 g/mol. The Bertz CT molecular complexity index is 537. The van der Waals surface area contributed by atoms with E-state index in [1.807, 2.05) is 0 Å². The lowest BCUT2D eigenvalue weighted by Crippen LogP contribution is -2.45. The first kappa shape index (κ1) is 16.8. The molecule has 0 N–H and O–H groups in total. The maximum Gasteiger partial charge on any atom is 0.306 e. The van der Waals surface area contributed by atoms with E-state index in [1.54, 1.807) is 6.92 Å². The van der Waals surface area contributed by atoms with E-state index in [1.165, 1.54) is 5.57 Å². The lowest BCUT2D eigenvalue weighted by Gasteiger charge is -2.44. The number of ether oxygens (including phenoxy) is 1. The number of Topliss-reactive ketones (excluding diaryl/α,β-unsaturated/α-hetero) is 1. The highest BCUT2D eigenvalue weighted by Crippen LogP contribution is 2.45. The van der Waals surface area contributed by atoms with Gasteiger partial charge in [0.2, 0.25) is 0 Å². The van der Waals surface area contributed by atoms with Gasteiger partial charge >= 0.3 is 5.97 Å². The molecule has 0 radical (unpaired) electrons. The Morgan fingerprint density at radius 2 is 2.23 bits per heavy atom. The minimum absolute atomic E-state index is 0.0304. The minimum atomic E-state index is -0.322. The van der Waals surface area contributed by atoms with E-state index in [0.29, 0.717) is 30.8 Å². The van der Waals surface area contributed by atoms with Crippen LogP contribution in [0.5, 0.6) is 0 Å². The smallest absolute Gasteiger partial charge is 0.306 e. The number of fused-ring (bicyclic) bond motifs is 2. The van der Waals surface area contributed by atoms with Gasteiger partial charge in [0.1, 0.15) is 5.60 Å². The van der Waals surface area contributed by atoms with E-state index in [0.717, 1.165) is 32.1 Å². The van der Waals surface area contributed by atoms with Crippen LogP contribution in [0.4, 0.5) is 0 Å². The molecule has 0 aliphatic heterocycles. The van der Waals surface area contributed by atoms with E-state index in [-0.39, 0.29) is 17.4 Å². The molecule has 2 aliphatic rings. The third-order valence-corrected chi connectivity index (χ3v) is 4.97. The van der Waals surface area contributed by atoms with Crippen LogP contribution in [0.1, 0.15) is 65.2 Å². The van der Waals surface area contributed by atoms with Crippen molar-refractivity contribution in [3.63, 3.8) is 0 Å². The number of hydrogen-bond donors (Lipinski definition) is 0. The molecule has 0 aromatic carbocycles. The first-order chi connectivity index (χ1) is 10.5. The van der Waals surface area contributed by atoms with Gasteiger partial charge in [-0.15, -0.1) is 5.73 Å². The molecule has 0 aromatic heterocycles. The zero-order valence-electron chi connectivity index (χ0n) is 13.7. The summed E-state index contributed by atoms with van der Waals surface area (Å²) in [5.41, 5.74) is 4.93. The largest absolute Gasteiger partial charge is 0.459 e. The lowest BCUT2D eigenvalue weighted by atomic mass is 9.69. The molecule has 0 amide bonds. The van der Waals surface area contributed by atoms with Gasteiger partial charge < -0.3 is 4.74 Å². The molecule has 3 nitrogen and oxygen atoms in total. The Morgan fingerprint density at radius 1 is 1.45 bits per heavy atom. The first-order valence-corrected chi connectivity index (χ1v) is 8.30. The van der Waals surface area contributed by atoms with Crippen molar-refractivity contribution in [1.82, 2.24) is 0 Å². The average Bonchev–Trinajstić information content (AvgIpc) is 2.50. The fourth-order valence-electron chi connectivity index (χ4n) is 3.48. The Hall–Kier alpha value is -1.60. The van der Waals surface area contributed by atoms with Crippen LogP contribution < -0.4 is 0 Å². The minimum Gasteiger partial charge on any atom is -0.459 e. The van der Waals surface area contributed by atoms with Crippen molar-refractivity contribution in [3.05, 3.63) is 29.5 Å². The molecular weight excluding hydrogens is 276 g/mol. The molecule has 0 spiro atoms. The van der Waals surface area contributed by atoms with Crippen molar-refractivity contribution >= 4 is 11.8 Å². The molecule has 1 unspecified atom stereocenters. The summed E-state index contributed by atoms with van der Waals surface area (Å²) in [5.74, 6) is 0.254. The highest BCUT2D eigenvalue weighted by atomic mass is 16.6. The summed E-state index contributed by atoms with van der Waals surface area (Å²) < 4.78 is 5.92. The van der Waals surface area contributed by atoms with Crippen LogP contribution in [0.2, 0.25) is 0 Å². The Balaban J connectivity index is 1.88. The molecule has 0 aromatic rings. The average molecular weight is 302 g/mol. The van der Waals surface area contributed by atoms with Crippen LogP contribution in [0.3, 0.4) is 0 Å². The van der Waals surface area contributed by atoms with Crippen LogP contribution in [0, 0.1) is 5.92 Å². The molecule has 2 aliphatic carbocycles. The van der Waals surface area contributed by atoms with Crippen molar-refractivity contribution in [1.29, 1.82) is 0 Å². The molecule has 120 valence electrons. The summed E-state index contributed by atoms with van der Waals surface area (Å²) >= 11 is 0. The molecular formula is C19H26O3. The van der Waals surface area contributed by atoms with Gasteiger partial charge in [0, 0.05) is 18.8 Å². The van der Waals surface area contributed by atoms with E-state index >= 15 is 0 Å². The Labute approximate surface area is 133 Å². The number of carbonyl (C=O) groups excluding carboxylic acids is 2. The second-order valence-electron chi connectivity index (χ2n) is 6.54. The number of carbonyl (C=O) groups is 2. The predicted octanol–water partition coefficient (Wildman–Crippen LogP) is 4.28. The van der Waals surface area contributed by atoms with Gasteiger partial charge in [-0.05, 0) is 62.7 Å². The van der Waals surface area contributed by atoms with Crippen LogP contribution in [-0.2, 0) is 14.3 Å². The van der Waals surface area contributed by atoms with Gasteiger partial charge in [-0.3, -0.25) is 9.59 Å². The summed E-state index contributed by atoms with van der Waals surface area (Å²) in [5, 5.41) is 0. The van der Waals surface area contributed by atoms with E-state index < -0.39 is 0 Å². The molecule has 3 heteroatoms. The predicted molar refractivity (Wildman–Crippen MR) is 86.3 cm³/mol. The van der Waals surface area contributed by atoms with Gasteiger partial charge in [0.15, 0.2) is 5.78 Å². The second-order valence-corrected chi connectivity index (χ2v) is 6.54. The van der Waals surface area contributed by atoms with Crippen LogP contribution in [0.25, 0.3) is 0 Å². The molecule has 1 fully saturated rings. The number of esters is 1. The van der Waals surface area contributed by atoms with Crippen LogP contribution in [-0.4, -0.2) is 17.4 Å². The first-order valence-electron chi connectivity index (χ1n) is 8.30. The number of hydrogen-bond acceptors (Lipinski definition) is 3. The van der Waals surface area contributed by atoms with Gasteiger partial charge in [-0.1, -0.05) is 13.5 Å². The van der Waals surface area contributed by atoms with E-state index in [2.05, 4.69) is 25.3 Å². The topological polar surface area (TPSA) is 43.4 Å². The Morgan fingerprint density at radius 3 is 2.91 bits per heavy atom. The third-order valence-electron chi connectivity index (χ3n) is 4.97. The lowest BCUT2D eigenvalue weighted by molar-refractivity contribution is -0.170. The maximum absolute atomic E-state index is 12.2.